The predicted octanol–water partition coefficient (Wildman–Crippen LogP) is 8.87. The fourth-order valence-corrected chi connectivity index (χ4v) is 8.16. The Morgan fingerprint density at radius 2 is 1.04 bits per heavy atom. The van der Waals surface area contributed by atoms with Crippen LogP contribution in [0.3, 0.4) is 0 Å². The monoisotopic (exact) mass is 630 g/mol. The molecule has 2 heterocycles. The van der Waals surface area contributed by atoms with E-state index < -0.39 is 5.41 Å². The highest BCUT2D eigenvalue weighted by molar-refractivity contribution is 7.13. The molecule has 4 aromatic carbocycles. The van der Waals surface area contributed by atoms with Crippen molar-refractivity contribution in [3.63, 3.8) is 0 Å². The molecule has 0 saturated carbocycles. The Balaban J connectivity index is 1.53. The summed E-state index contributed by atoms with van der Waals surface area (Å²) in [5, 5.41) is 23.0. The van der Waals surface area contributed by atoms with Gasteiger partial charge in [-0.15, -0.1) is 22.7 Å². The molecule has 0 bridgehead atoms. The fraction of sp³-hybridized carbons (Fsp3) is 0.179. The molecule has 0 amide bonds. The molecular formula is C39H34O4S2. The third kappa shape index (κ3) is 5.08. The summed E-state index contributed by atoms with van der Waals surface area (Å²) in [4.78, 5) is 2.49. The van der Waals surface area contributed by atoms with Crippen molar-refractivity contribution in [2.45, 2.75) is 19.3 Å². The second-order valence-corrected chi connectivity index (χ2v) is 13.2. The Morgan fingerprint density at radius 3 is 1.42 bits per heavy atom. The molecule has 1 aliphatic carbocycles. The van der Waals surface area contributed by atoms with Crippen molar-refractivity contribution in [3.05, 3.63) is 141 Å². The zero-order chi connectivity index (χ0) is 31.0. The first-order chi connectivity index (χ1) is 22.0. The molecule has 6 aromatic rings. The largest absolute Gasteiger partial charge is 0.491 e. The standard InChI is InChI=1S/C39H34O4S2/c1-25-21-29(9-13-35(25)42-17-15-40)39(30-10-14-36(26(2)22-30)43-18-16-41)33-11-7-27(37-5-3-19-44-37)23-31(33)32-24-28(8-12-34(32)39)38-6-4-20-45-38/h3-14,19-24,40-41H,15-18H2,1-2H3. The van der Waals surface area contributed by atoms with Gasteiger partial charge in [0.2, 0.25) is 0 Å². The lowest BCUT2D eigenvalue weighted by Crippen LogP contribution is -2.29. The second-order valence-electron chi connectivity index (χ2n) is 11.3. The maximum absolute atomic E-state index is 9.39. The van der Waals surface area contributed by atoms with Crippen LogP contribution in [0, 0.1) is 13.8 Å². The lowest BCUT2D eigenvalue weighted by Gasteiger charge is -2.35. The molecule has 0 spiro atoms. The zero-order valence-electron chi connectivity index (χ0n) is 25.2. The summed E-state index contributed by atoms with van der Waals surface area (Å²) in [7, 11) is 0. The van der Waals surface area contributed by atoms with Crippen molar-refractivity contribution in [2.75, 3.05) is 26.4 Å². The van der Waals surface area contributed by atoms with Gasteiger partial charge in [-0.2, -0.15) is 0 Å². The van der Waals surface area contributed by atoms with E-state index >= 15 is 0 Å². The number of hydrogen-bond acceptors (Lipinski definition) is 6. The van der Waals surface area contributed by atoms with E-state index in [0.29, 0.717) is 0 Å². The zero-order valence-corrected chi connectivity index (χ0v) is 26.9. The first kappa shape index (κ1) is 29.5. The highest BCUT2D eigenvalue weighted by Crippen LogP contribution is 2.58. The van der Waals surface area contributed by atoms with Gasteiger partial charge in [-0.1, -0.05) is 60.7 Å². The number of benzene rings is 4. The molecule has 2 aromatic heterocycles. The van der Waals surface area contributed by atoms with Crippen LogP contribution in [0.15, 0.2) is 108 Å². The Hall–Kier alpha value is -4.20. The number of hydrogen-bond donors (Lipinski definition) is 2. The minimum Gasteiger partial charge on any atom is -0.491 e. The van der Waals surface area contributed by atoms with Crippen LogP contribution in [0.1, 0.15) is 33.4 Å². The van der Waals surface area contributed by atoms with Crippen LogP contribution in [-0.4, -0.2) is 36.6 Å². The SMILES string of the molecule is Cc1cc(C2(c3ccc(OCCO)c(C)c3)c3ccc(-c4cccs4)cc3-c3cc(-c4cccs4)ccc32)ccc1OCCO. The van der Waals surface area contributed by atoms with Crippen LogP contribution >= 0.6 is 22.7 Å². The minimum absolute atomic E-state index is 0.0327. The number of aliphatic hydroxyl groups is 2. The third-order valence-corrected chi connectivity index (χ3v) is 10.5. The summed E-state index contributed by atoms with van der Waals surface area (Å²) in [5.41, 5.74) is 11.0. The first-order valence-electron chi connectivity index (χ1n) is 15.1. The van der Waals surface area contributed by atoms with Gasteiger partial charge in [-0.3, -0.25) is 0 Å². The maximum atomic E-state index is 9.39. The number of ether oxygens (including phenoxy) is 2. The van der Waals surface area contributed by atoms with Gasteiger partial charge in [-0.05, 0) is 117 Å². The van der Waals surface area contributed by atoms with Gasteiger partial charge in [-0.25, -0.2) is 0 Å². The molecule has 0 fully saturated rings. The summed E-state index contributed by atoms with van der Waals surface area (Å²) in [5.74, 6) is 1.54. The molecule has 0 saturated heterocycles. The quantitative estimate of drug-likeness (QED) is 0.159. The number of aliphatic hydroxyl groups excluding tert-OH is 2. The van der Waals surface area contributed by atoms with E-state index in [9.17, 15) is 10.2 Å². The van der Waals surface area contributed by atoms with Gasteiger partial charge in [0, 0.05) is 9.75 Å². The van der Waals surface area contributed by atoms with Crippen molar-refractivity contribution >= 4 is 22.7 Å². The van der Waals surface area contributed by atoms with Gasteiger partial charge < -0.3 is 19.7 Å². The molecular weight excluding hydrogens is 597 g/mol. The average Bonchev–Trinajstić information content (AvgIpc) is 3.84. The van der Waals surface area contributed by atoms with Gasteiger partial charge in [0.15, 0.2) is 0 Å². The smallest absolute Gasteiger partial charge is 0.122 e. The summed E-state index contributed by atoms with van der Waals surface area (Å²) in [6.45, 7) is 4.57. The molecule has 0 atom stereocenters. The molecule has 45 heavy (non-hydrogen) atoms. The Bertz CT molecular complexity index is 1810. The van der Waals surface area contributed by atoms with E-state index in [1.54, 1.807) is 22.7 Å². The van der Waals surface area contributed by atoms with Crippen LogP contribution in [0.4, 0.5) is 0 Å². The summed E-state index contributed by atoms with van der Waals surface area (Å²) in [6, 6.07) is 35.3. The van der Waals surface area contributed by atoms with E-state index in [0.717, 1.165) is 33.8 Å². The van der Waals surface area contributed by atoms with Crippen molar-refractivity contribution in [1.29, 1.82) is 0 Å². The number of fused-ring (bicyclic) bond motifs is 3. The molecule has 2 N–H and O–H groups in total. The highest BCUT2D eigenvalue weighted by atomic mass is 32.1. The molecule has 226 valence electrons. The Labute approximate surface area is 271 Å². The Morgan fingerprint density at radius 1 is 0.578 bits per heavy atom. The lowest BCUT2D eigenvalue weighted by molar-refractivity contribution is 0.200. The molecule has 4 nitrogen and oxygen atoms in total. The lowest BCUT2D eigenvalue weighted by atomic mass is 9.67. The van der Waals surface area contributed by atoms with Crippen molar-refractivity contribution < 1.29 is 19.7 Å². The van der Waals surface area contributed by atoms with Crippen LogP contribution in [0.5, 0.6) is 11.5 Å². The topological polar surface area (TPSA) is 58.9 Å². The Kier molecular flexibility index (Phi) is 8.06. The van der Waals surface area contributed by atoms with Crippen LogP contribution in [-0.2, 0) is 5.41 Å². The molecule has 7 rings (SSSR count). The second kappa shape index (κ2) is 12.3. The van der Waals surface area contributed by atoms with Crippen LogP contribution in [0.25, 0.3) is 32.0 Å². The normalized spacial score (nSPS) is 13.0. The molecule has 0 radical (unpaired) electrons. The minimum atomic E-state index is -0.604. The summed E-state index contributed by atoms with van der Waals surface area (Å²) >= 11 is 3.51. The first-order valence-corrected chi connectivity index (χ1v) is 16.9. The maximum Gasteiger partial charge on any atom is 0.122 e. The predicted molar refractivity (Wildman–Crippen MR) is 185 cm³/mol. The van der Waals surface area contributed by atoms with Crippen molar-refractivity contribution in [3.8, 4) is 43.5 Å². The van der Waals surface area contributed by atoms with E-state index in [2.05, 4.69) is 110 Å². The van der Waals surface area contributed by atoms with Crippen LogP contribution < -0.4 is 9.47 Å². The van der Waals surface area contributed by atoms with Gasteiger partial charge in [0.25, 0.3) is 0 Å². The number of thiophene rings is 2. The average molecular weight is 631 g/mol. The fourth-order valence-electron chi connectivity index (χ4n) is 6.71. The molecule has 0 unspecified atom stereocenters. The van der Waals surface area contributed by atoms with Crippen molar-refractivity contribution in [1.82, 2.24) is 0 Å². The number of rotatable bonds is 10. The van der Waals surface area contributed by atoms with E-state index in [4.69, 9.17) is 9.47 Å². The summed E-state index contributed by atoms with van der Waals surface area (Å²) < 4.78 is 11.8. The van der Waals surface area contributed by atoms with Gasteiger partial charge in [0.05, 0.1) is 18.6 Å². The molecule has 0 aliphatic heterocycles. The molecule has 1 aliphatic rings. The summed E-state index contributed by atoms with van der Waals surface area (Å²) in [6.07, 6.45) is 0. The highest BCUT2D eigenvalue weighted by Gasteiger charge is 2.46. The van der Waals surface area contributed by atoms with E-state index in [1.165, 1.54) is 43.1 Å². The van der Waals surface area contributed by atoms with Crippen LogP contribution in [0.2, 0.25) is 0 Å². The van der Waals surface area contributed by atoms with E-state index in [1.807, 2.05) is 12.1 Å². The molecule has 6 heteroatoms. The van der Waals surface area contributed by atoms with Gasteiger partial charge in [0.1, 0.15) is 24.7 Å². The van der Waals surface area contributed by atoms with E-state index in [-0.39, 0.29) is 26.4 Å². The van der Waals surface area contributed by atoms with Crippen molar-refractivity contribution in [2.24, 2.45) is 0 Å². The number of aryl methyl sites for hydroxylation is 2. The van der Waals surface area contributed by atoms with Gasteiger partial charge >= 0.3 is 0 Å². The third-order valence-electron chi connectivity index (χ3n) is 8.66.